The minimum absolute atomic E-state index is 0.120. The zero-order valence-corrected chi connectivity index (χ0v) is 44.5. The van der Waals surface area contributed by atoms with Crippen molar-refractivity contribution in [3.63, 3.8) is 0 Å². The molecule has 2 aromatic heterocycles. The number of hydrogen-bond donors (Lipinski definition) is 12. The Hall–Kier alpha value is -8.66. The summed E-state index contributed by atoms with van der Waals surface area (Å²) in [6.45, 7) is 0. The lowest BCUT2D eigenvalue weighted by Gasteiger charge is -2.10. The van der Waals surface area contributed by atoms with Gasteiger partial charge in [-0.15, -0.1) is 0 Å². The molecule has 0 fully saturated rings. The SMILES string of the molecule is O=S(=O)(O)c1ccc(Nc2nc(Nc3ccc(S(=O)(=O)O)cc3)[nH]c(=Nc3ccc(C=Cc4ccc(N=c5nc(Nc6ccc(S(=O)(=O)O)cc6)nc(Nc6ccc(S(=O)(=O)O)cc6)[nH]5)cc4S(=O)(=O)O)c(S(=O)(=O)O)c3)n2)cc1. The van der Waals surface area contributed by atoms with Gasteiger partial charge in [0.15, 0.2) is 0 Å². The fourth-order valence-corrected chi connectivity index (χ4v) is 10.2. The lowest BCUT2D eigenvalue weighted by Crippen LogP contribution is -2.18. The molecule has 2 heterocycles. The summed E-state index contributed by atoms with van der Waals surface area (Å²) < 4.78 is 202. The first-order chi connectivity index (χ1) is 37.3. The van der Waals surface area contributed by atoms with Gasteiger partial charge in [-0.05, 0) is 132 Å². The molecule has 0 unspecified atom stereocenters. The van der Waals surface area contributed by atoms with Gasteiger partial charge in [-0.25, -0.2) is 9.98 Å². The second-order valence-corrected chi connectivity index (χ2v) is 24.6. The molecule has 0 bridgehead atoms. The molecule has 12 N–H and O–H groups in total. The molecule has 6 aromatic carbocycles. The molecule has 416 valence electrons. The van der Waals surface area contributed by atoms with E-state index in [2.05, 4.69) is 61.2 Å². The second kappa shape index (κ2) is 22.2. The molecule has 30 nitrogen and oxygen atoms in total. The third-order valence-electron chi connectivity index (χ3n) is 10.4. The van der Waals surface area contributed by atoms with Gasteiger partial charge in [0, 0.05) is 22.7 Å². The van der Waals surface area contributed by atoms with Crippen molar-refractivity contribution >= 4 is 131 Å². The number of H-pyrrole nitrogens is 2. The van der Waals surface area contributed by atoms with E-state index in [1.807, 2.05) is 0 Å². The van der Waals surface area contributed by atoms with E-state index in [9.17, 15) is 77.8 Å². The number of hydrogen-bond acceptors (Lipinski definition) is 22. The number of aromatic amines is 2. The summed E-state index contributed by atoms with van der Waals surface area (Å²) >= 11 is 0. The molecule has 0 aliphatic rings. The van der Waals surface area contributed by atoms with Crippen LogP contribution in [0.15, 0.2) is 173 Å². The highest BCUT2D eigenvalue weighted by molar-refractivity contribution is 7.87. The number of anilines is 8. The first-order valence-corrected chi connectivity index (χ1v) is 30.3. The number of benzene rings is 6. The highest BCUT2D eigenvalue weighted by Gasteiger charge is 2.19. The van der Waals surface area contributed by atoms with Crippen LogP contribution in [0.4, 0.5) is 57.9 Å². The lowest BCUT2D eigenvalue weighted by atomic mass is 10.1. The standard InChI is InChI=1S/C44H36N12O18S6/c57-75(58,59)33-15-7-27(8-16-33)45-39-51-40(46-28-9-17-34(18-10-28)76(60,61)62)54-43(53-39)49-31-5-3-25(37(23-31)79(69,70)71)1-2-26-4-6-32(24-38(26)80(72,73)74)50-44-55-41(47-29-11-19-35(20-12-29)77(63,64)65)52-42(56-44)48-30-13-21-36(22-14-30)78(66,67)68/h1-24H,(H,57,58,59)(H,60,61,62)(H,63,64,65)(H,66,67,68)(H,69,70,71)(H,72,73,74)(H3,45,46,49,51,53,54)(H3,47,48,50,52,55,56). The molecule has 0 atom stereocenters. The van der Waals surface area contributed by atoms with E-state index in [0.29, 0.717) is 0 Å². The zero-order chi connectivity index (χ0) is 58.0. The van der Waals surface area contributed by atoms with Crippen LogP contribution in [0.1, 0.15) is 11.1 Å². The Balaban J connectivity index is 1.13. The molecule has 0 spiro atoms. The summed E-state index contributed by atoms with van der Waals surface area (Å²) in [6.07, 6.45) is 2.18. The third-order valence-corrected chi connectivity index (χ3v) is 15.7. The molecular formula is C44H36N12O18S6. The Morgan fingerprint density at radius 1 is 0.350 bits per heavy atom. The van der Waals surface area contributed by atoms with Crippen LogP contribution in [0.5, 0.6) is 0 Å². The minimum Gasteiger partial charge on any atom is -0.326 e. The van der Waals surface area contributed by atoms with Crippen LogP contribution in [0.25, 0.3) is 12.2 Å². The van der Waals surface area contributed by atoms with Crippen LogP contribution in [0, 0.1) is 0 Å². The Bertz CT molecular complexity index is 4130. The first kappa shape index (κ1) is 57.5. The van der Waals surface area contributed by atoms with Crippen molar-refractivity contribution in [1.82, 2.24) is 29.9 Å². The average Bonchev–Trinajstić information content (AvgIpc) is 3.36. The van der Waals surface area contributed by atoms with Crippen LogP contribution in [-0.4, -0.2) is 108 Å². The zero-order valence-electron chi connectivity index (χ0n) is 39.6. The van der Waals surface area contributed by atoms with E-state index in [0.717, 1.165) is 72.8 Å². The summed E-state index contributed by atoms with van der Waals surface area (Å²) in [4.78, 5) is 28.0. The minimum atomic E-state index is -5.10. The van der Waals surface area contributed by atoms with E-state index >= 15 is 0 Å². The van der Waals surface area contributed by atoms with Crippen LogP contribution < -0.4 is 32.5 Å². The first-order valence-electron chi connectivity index (χ1n) is 21.7. The lowest BCUT2D eigenvalue weighted by molar-refractivity contribution is 0.480. The molecule has 8 aromatic rings. The number of aromatic nitrogens is 6. The van der Waals surface area contributed by atoms with Gasteiger partial charge in [0.25, 0.3) is 60.7 Å². The summed E-state index contributed by atoms with van der Waals surface area (Å²) in [7, 11) is -28.4. The second-order valence-electron chi connectivity index (χ2n) is 16.1. The van der Waals surface area contributed by atoms with Crippen LogP contribution in [-0.2, 0) is 60.7 Å². The van der Waals surface area contributed by atoms with Crippen molar-refractivity contribution in [1.29, 1.82) is 0 Å². The van der Waals surface area contributed by atoms with Gasteiger partial charge in [0.2, 0.25) is 35.0 Å². The van der Waals surface area contributed by atoms with Crippen molar-refractivity contribution < 1.29 is 77.8 Å². The Kier molecular flexibility index (Phi) is 16.0. The quantitative estimate of drug-likeness (QED) is 0.0396. The normalized spacial score (nSPS) is 13.1. The van der Waals surface area contributed by atoms with E-state index < -0.39 is 90.1 Å². The van der Waals surface area contributed by atoms with E-state index in [1.54, 1.807) is 0 Å². The molecule has 0 amide bonds. The molecule has 0 radical (unpaired) electrons. The van der Waals surface area contributed by atoms with E-state index in [-0.39, 0.29) is 80.3 Å². The van der Waals surface area contributed by atoms with Crippen molar-refractivity contribution in [2.24, 2.45) is 9.98 Å². The Morgan fingerprint density at radius 2 is 0.625 bits per heavy atom. The van der Waals surface area contributed by atoms with Gasteiger partial charge in [-0.1, -0.05) is 24.3 Å². The van der Waals surface area contributed by atoms with E-state index in [1.165, 1.54) is 72.8 Å². The largest absolute Gasteiger partial charge is 0.326 e. The monoisotopic (exact) mass is 1210 g/mol. The molecule has 8 rings (SSSR count). The summed E-state index contributed by atoms with van der Waals surface area (Å²) in [5, 5.41) is 11.3. The van der Waals surface area contributed by atoms with Gasteiger partial charge in [0.05, 0.1) is 31.0 Å². The fraction of sp³-hybridized carbons (Fsp3) is 0. The Morgan fingerprint density at radius 3 is 0.887 bits per heavy atom. The van der Waals surface area contributed by atoms with Gasteiger partial charge in [-0.3, -0.25) is 37.3 Å². The van der Waals surface area contributed by atoms with Gasteiger partial charge >= 0.3 is 0 Å². The summed E-state index contributed by atoms with van der Waals surface area (Å²) in [5.41, 5.74) is -0.493. The number of rotatable bonds is 18. The molecule has 0 aliphatic heterocycles. The molecule has 0 saturated carbocycles. The van der Waals surface area contributed by atoms with Crippen molar-refractivity contribution in [3.8, 4) is 0 Å². The maximum Gasteiger partial charge on any atom is 0.295 e. The Labute approximate surface area is 452 Å². The topological polar surface area (TPSA) is 482 Å². The van der Waals surface area contributed by atoms with Crippen LogP contribution in [0.2, 0.25) is 0 Å². The van der Waals surface area contributed by atoms with Gasteiger partial charge < -0.3 is 21.3 Å². The van der Waals surface area contributed by atoms with Crippen molar-refractivity contribution in [2.75, 3.05) is 21.3 Å². The molecule has 0 saturated heterocycles. The molecule has 80 heavy (non-hydrogen) atoms. The maximum atomic E-state index is 12.8. The third kappa shape index (κ3) is 15.1. The predicted octanol–water partition coefficient (Wildman–Crippen LogP) is 5.01. The molecule has 0 aliphatic carbocycles. The van der Waals surface area contributed by atoms with Gasteiger partial charge in [-0.2, -0.15) is 70.4 Å². The summed E-state index contributed by atoms with van der Waals surface area (Å²) in [5.74, 6) is -0.667. The highest BCUT2D eigenvalue weighted by atomic mass is 32.2. The average molecular weight is 1210 g/mol. The molecule has 36 heteroatoms. The van der Waals surface area contributed by atoms with Crippen LogP contribution >= 0.6 is 0 Å². The molecular weight excluding hydrogens is 1180 g/mol. The fourth-order valence-electron chi connectivity index (χ4n) is 6.83. The van der Waals surface area contributed by atoms with E-state index in [4.69, 9.17) is 0 Å². The smallest absolute Gasteiger partial charge is 0.295 e. The number of nitrogens with zero attached hydrogens (tertiary/aromatic N) is 6. The van der Waals surface area contributed by atoms with Crippen molar-refractivity contribution in [2.45, 2.75) is 29.4 Å². The summed E-state index contributed by atoms with van der Waals surface area (Å²) in [6, 6.07) is 25.6. The van der Waals surface area contributed by atoms with Gasteiger partial charge in [0.1, 0.15) is 9.79 Å². The highest BCUT2D eigenvalue weighted by Crippen LogP contribution is 2.29. The van der Waals surface area contributed by atoms with Crippen molar-refractivity contribution in [3.05, 3.63) is 156 Å². The van der Waals surface area contributed by atoms with Crippen LogP contribution in [0.3, 0.4) is 0 Å². The predicted molar refractivity (Wildman–Crippen MR) is 283 cm³/mol. The number of nitrogens with one attached hydrogen (secondary N) is 6. The maximum absolute atomic E-state index is 12.8.